The summed E-state index contributed by atoms with van der Waals surface area (Å²) in [5.74, 6) is 0. The average Bonchev–Trinajstić information content (AvgIpc) is 3.60. The molecule has 1 nitrogen and oxygen atoms in total. The van der Waals surface area contributed by atoms with Crippen LogP contribution in [0.5, 0.6) is 0 Å². The van der Waals surface area contributed by atoms with Crippen molar-refractivity contribution in [2.45, 2.75) is 0 Å². The standard InChI is InChI=1S/C54H33N/c1-3-17-38-36(15-1)40-19-6-8-23-44(40)50-32-35(34-29-30-45-41-20-4-2-16-37(41)39-18-5-7-22-43(39)49(45)31-34)33-53(54(50)48-26-10-9-21-42(38)48)55-51-27-13-11-24-46(51)47-25-12-14-28-52(47)55/h1-33H. The Morgan fingerprint density at radius 3 is 1.15 bits per heavy atom. The van der Waals surface area contributed by atoms with Gasteiger partial charge in [0, 0.05) is 16.3 Å². The molecule has 0 amide bonds. The maximum absolute atomic E-state index is 2.52. The molecule has 0 spiro atoms. The summed E-state index contributed by atoms with van der Waals surface area (Å²) in [6.45, 7) is 0. The molecule has 0 radical (unpaired) electrons. The topological polar surface area (TPSA) is 4.93 Å². The highest BCUT2D eigenvalue weighted by atomic mass is 15.0. The molecule has 254 valence electrons. The maximum Gasteiger partial charge on any atom is 0.0553 e. The van der Waals surface area contributed by atoms with Gasteiger partial charge in [-0.1, -0.05) is 170 Å². The van der Waals surface area contributed by atoms with Crippen LogP contribution in [0.2, 0.25) is 0 Å². The van der Waals surface area contributed by atoms with Gasteiger partial charge in [0.15, 0.2) is 0 Å². The highest BCUT2D eigenvalue weighted by molar-refractivity contribution is 6.26. The van der Waals surface area contributed by atoms with Crippen LogP contribution >= 0.6 is 0 Å². The first-order valence-corrected chi connectivity index (χ1v) is 19.1. The molecule has 0 aliphatic heterocycles. The van der Waals surface area contributed by atoms with Gasteiger partial charge in [-0.3, -0.25) is 0 Å². The first kappa shape index (κ1) is 30.3. The summed E-state index contributed by atoms with van der Waals surface area (Å²) in [5.41, 5.74) is 15.9. The zero-order valence-electron chi connectivity index (χ0n) is 30.0. The number of aromatic nitrogens is 1. The summed E-state index contributed by atoms with van der Waals surface area (Å²) < 4.78 is 2.52. The largest absolute Gasteiger partial charge is 0.309 e. The lowest BCUT2D eigenvalue weighted by Gasteiger charge is -2.26. The van der Waals surface area contributed by atoms with Crippen molar-refractivity contribution >= 4 is 54.1 Å². The fourth-order valence-corrected chi connectivity index (χ4v) is 9.58. The first-order valence-electron chi connectivity index (χ1n) is 19.1. The zero-order valence-corrected chi connectivity index (χ0v) is 30.0. The molecule has 0 unspecified atom stereocenters. The fraction of sp³-hybridized carbons (Fsp3) is 0. The number of nitrogens with zero attached hydrogens (tertiary/aromatic N) is 1. The molecule has 1 heterocycles. The normalized spacial score (nSPS) is 12.0. The van der Waals surface area contributed by atoms with Crippen LogP contribution in [-0.2, 0) is 0 Å². The minimum atomic E-state index is 1.18. The van der Waals surface area contributed by atoms with Crippen LogP contribution in [0.25, 0.3) is 115 Å². The number of hydrogen-bond acceptors (Lipinski definition) is 0. The average molecular weight is 696 g/mol. The van der Waals surface area contributed by atoms with Crippen molar-refractivity contribution in [2.75, 3.05) is 0 Å². The fourth-order valence-electron chi connectivity index (χ4n) is 9.58. The third-order valence-electron chi connectivity index (χ3n) is 11.9. The SMILES string of the molecule is c1ccc2c(c1)-c1ccccc1-c1cc(-c3ccc4c5ccccc5c5ccccc5c4c3)cc(-n3c4ccccc4c4ccccc43)c1-c1ccccc1-2. The van der Waals surface area contributed by atoms with Crippen molar-refractivity contribution in [3.05, 3.63) is 200 Å². The number of fused-ring (bicyclic) bond motifs is 17. The van der Waals surface area contributed by atoms with E-state index in [0.717, 1.165) is 0 Å². The zero-order chi connectivity index (χ0) is 36.0. The van der Waals surface area contributed by atoms with E-state index in [-0.39, 0.29) is 0 Å². The van der Waals surface area contributed by atoms with Gasteiger partial charge in [-0.15, -0.1) is 0 Å². The molecule has 0 fully saturated rings. The molecule has 0 N–H and O–H groups in total. The molecule has 1 heteroatoms. The highest BCUT2D eigenvalue weighted by Gasteiger charge is 2.27. The van der Waals surface area contributed by atoms with E-state index < -0.39 is 0 Å². The first-order chi connectivity index (χ1) is 27.3. The summed E-state index contributed by atoms with van der Waals surface area (Å²) in [5, 5.41) is 10.2. The van der Waals surface area contributed by atoms with Gasteiger partial charge in [-0.25, -0.2) is 0 Å². The molecular formula is C54H33N. The smallest absolute Gasteiger partial charge is 0.0553 e. The predicted molar refractivity (Wildman–Crippen MR) is 234 cm³/mol. The van der Waals surface area contributed by atoms with Crippen LogP contribution in [-0.4, -0.2) is 4.57 Å². The lowest BCUT2D eigenvalue weighted by molar-refractivity contribution is 1.18. The summed E-state index contributed by atoms with van der Waals surface area (Å²) >= 11 is 0. The van der Waals surface area contributed by atoms with Gasteiger partial charge in [-0.2, -0.15) is 0 Å². The van der Waals surface area contributed by atoms with Crippen LogP contribution in [0.1, 0.15) is 0 Å². The molecular weight excluding hydrogens is 663 g/mol. The van der Waals surface area contributed by atoms with Gasteiger partial charge < -0.3 is 4.57 Å². The molecule has 0 atom stereocenters. The Morgan fingerprint density at radius 2 is 0.618 bits per heavy atom. The number of para-hydroxylation sites is 2. The predicted octanol–water partition coefficient (Wildman–Crippen LogP) is 14.9. The second-order valence-corrected chi connectivity index (χ2v) is 14.8. The molecule has 12 rings (SSSR count). The second-order valence-electron chi connectivity index (χ2n) is 14.8. The molecule has 0 saturated heterocycles. The van der Waals surface area contributed by atoms with E-state index in [2.05, 4.69) is 205 Å². The van der Waals surface area contributed by atoms with Gasteiger partial charge in [0.2, 0.25) is 0 Å². The third-order valence-corrected chi connectivity index (χ3v) is 11.9. The van der Waals surface area contributed by atoms with Crippen LogP contribution in [0.15, 0.2) is 200 Å². The quantitative estimate of drug-likeness (QED) is 0.159. The minimum Gasteiger partial charge on any atom is -0.309 e. The van der Waals surface area contributed by atoms with Crippen LogP contribution in [0, 0.1) is 0 Å². The van der Waals surface area contributed by atoms with Gasteiger partial charge in [-0.05, 0) is 113 Å². The lowest BCUT2D eigenvalue weighted by Crippen LogP contribution is -2.04. The Labute approximate surface area is 319 Å². The van der Waals surface area contributed by atoms with Gasteiger partial charge in [0.25, 0.3) is 0 Å². The van der Waals surface area contributed by atoms with Crippen molar-refractivity contribution in [1.82, 2.24) is 4.57 Å². The lowest BCUT2D eigenvalue weighted by atomic mass is 9.79. The van der Waals surface area contributed by atoms with Gasteiger partial charge in [0.1, 0.15) is 0 Å². The van der Waals surface area contributed by atoms with E-state index in [0.29, 0.717) is 0 Å². The van der Waals surface area contributed by atoms with Crippen molar-refractivity contribution in [1.29, 1.82) is 0 Å². The molecule has 1 aliphatic carbocycles. The van der Waals surface area contributed by atoms with Crippen LogP contribution in [0.4, 0.5) is 0 Å². The number of benzene rings is 10. The maximum atomic E-state index is 2.52. The molecule has 0 saturated carbocycles. The molecule has 55 heavy (non-hydrogen) atoms. The summed E-state index contributed by atoms with van der Waals surface area (Å²) in [7, 11) is 0. The summed E-state index contributed by atoms with van der Waals surface area (Å²) in [6, 6.07) is 74.4. The Bertz CT molecular complexity index is 3290. The molecule has 1 aliphatic rings. The highest BCUT2D eigenvalue weighted by Crippen LogP contribution is 2.52. The minimum absolute atomic E-state index is 1.18. The van der Waals surface area contributed by atoms with Crippen molar-refractivity contribution in [3.63, 3.8) is 0 Å². The Balaban J connectivity index is 1.26. The van der Waals surface area contributed by atoms with Gasteiger partial charge in [0.05, 0.1) is 16.7 Å². The second kappa shape index (κ2) is 11.6. The van der Waals surface area contributed by atoms with E-state index >= 15 is 0 Å². The molecule has 11 aromatic rings. The van der Waals surface area contributed by atoms with E-state index in [9.17, 15) is 0 Å². The Hall–Kier alpha value is -7.22. The van der Waals surface area contributed by atoms with E-state index in [1.54, 1.807) is 0 Å². The number of rotatable bonds is 2. The van der Waals surface area contributed by atoms with E-state index in [1.165, 1.54) is 115 Å². The summed E-state index contributed by atoms with van der Waals surface area (Å²) in [4.78, 5) is 0. The van der Waals surface area contributed by atoms with Gasteiger partial charge >= 0.3 is 0 Å². The van der Waals surface area contributed by atoms with Crippen LogP contribution < -0.4 is 0 Å². The van der Waals surface area contributed by atoms with Crippen molar-refractivity contribution in [3.8, 4) is 61.3 Å². The summed E-state index contributed by atoms with van der Waals surface area (Å²) in [6.07, 6.45) is 0. The monoisotopic (exact) mass is 695 g/mol. The molecule has 1 aromatic heterocycles. The van der Waals surface area contributed by atoms with Crippen LogP contribution in [0.3, 0.4) is 0 Å². The Morgan fingerprint density at radius 1 is 0.236 bits per heavy atom. The van der Waals surface area contributed by atoms with E-state index in [4.69, 9.17) is 0 Å². The Kier molecular flexibility index (Phi) is 6.40. The third kappa shape index (κ3) is 4.35. The van der Waals surface area contributed by atoms with Crippen molar-refractivity contribution < 1.29 is 0 Å². The van der Waals surface area contributed by atoms with E-state index in [1.807, 2.05) is 0 Å². The van der Waals surface area contributed by atoms with Crippen molar-refractivity contribution in [2.24, 2.45) is 0 Å². The molecule has 10 aromatic carbocycles. The molecule has 0 bridgehead atoms. The number of hydrogen-bond donors (Lipinski definition) is 0.